The van der Waals surface area contributed by atoms with Crippen LogP contribution in [0.25, 0.3) is 66.7 Å². The summed E-state index contributed by atoms with van der Waals surface area (Å²) in [6.07, 6.45) is 7.40. The molecule has 0 aliphatic rings. The van der Waals surface area contributed by atoms with Crippen molar-refractivity contribution in [2.45, 2.75) is 86.4 Å². The number of aryl methyl sites for hydroxylation is 2. The zero-order valence-electron chi connectivity index (χ0n) is 36.0. The van der Waals surface area contributed by atoms with Gasteiger partial charge in [0.1, 0.15) is 5.58 Å². The van der Waals surface area contributed by atoms with Gasteiger partial charge in [0.2, 0.25) is 0 Å². The van der Waals surface area contributed by atoms with E-state index in [0.717, 1.165) is 69.3 Å². The second-order valence-electron chi connectivity index (χ2n) is 17.1. The molecular formula is C54H56IrN2OSi-2. The summed E-state index contributed by atoms with van der Waals surface area (Å²) >= 11 is 0. The van der Waals surface area contributed by atoms with Crippen LogP contribution >= 0.6 is 0 Å². The molecule has 0 saturated carbocycles. The van der Waals surface area contributed by atoms with Crippen LogP contribution in [0, 0.1) is 31.9 Å². The smallest absolute Gasteiger partial charge is 0.121 e. The number of hydrogen-bond acceptors (Lipinski definition) is 3. The normalized spacial score (nSPS) is 11.5. The number of fused-ring (bicyclic) bond motifs is 3. The van der Waals surface area contributed by atoms with Crippen molar-refractivity contribution in [1.82, 2.24) is 9.97 Å². The third-order valence-electron chi connectivity index (χ3n) is 11.3. The van der Waals surface area contributed by atoms with Gasteiger partial charge in [-0.1, -0.05) is 174 Å². The van der Waals surface area contributed by atoms with E-state index in [0.29, 0.717) is 11.8 Å². The Morgan fingerprint density at radius 3 is 2.03 bits per heavy atom. The first-order valence-corrected chi connectivity index (χ1v) is 24.4. The Hall–Kier alpha value is -4.93. The molecule has 8 rings (SSSR count). The number of nitrogens with zero attached hydrogens (tertiary/aromatic N) is 2. The van der Waals surface area contributed by atoms with Crippen molar-refractivity contribution in [1.29, 1.82) is 0 Å². The standard InChI is InChI=1S/C29H26NO.C25H30NSi.Ir/c1-4-20(5-2)23-15-16-30-26(17-23)24-13-11-19(3)28-25-14-12-22(18-27(25)31-29(24)28)21-9-7-6-8-10-21;1-18(2)14-22-16-24(26-17-25(22)27(4,5)6)21-13-12-19(3)23(15-21)20-10-8-7-9-11-20;/h6-12,14-18,20H,4-5H2,1-3H3;7-12,15-18H,14H2,1-6H3;/q2*-1;. The van der Waals surface area contributed by atoms with E-state index in [-0.39, 0.29) is 20.1 Å². The molecule has 0 spiro atoms. The van der Waals surface area contributed by atoms with Gasteiger partial charge in [-0.2, -0.15) is 0 Å². The first kappa shape index (κ1) is 43.6. The largest absolute Gasteiger partial charge is 0.501 e. The van der Waals surface area contributed by atoms with Gasteiger partial charge in [0.15, 0.2) is 0 Å². The van der Waals surface area contributed by atoms with Crippen LogP contribution in [-0.4, -0.2) is 18.0 Å². The van der Waals surface area contributed by atoms with Crippen molar-refractivity contribution >= 4 is 35.2 Å². The fourth-order valence-corrected chi connectivity index (χ4v) is 9.74. The molecule has 0 bridgehead atoms. The van der Waals surface area contributed by atoms with Crippen LogP contribution in [0.1, 0.15) is 68.7 Å². The molecule has 0 aliphatic heterocycles. The third-order valence-corrected chi connectivity index (χ3v) is 13.4. The van der Waals surface area contributed by atoms with Crippen LogP contribution in [-0.2, 0) is 26.5 Å². The number of rotatable bonds is 10. The third kappa shape index (κ3) is 9.76. The Morgan fingerprint density at radius 2 is 1.37 bits per heavy atom. The van der Waals surface area contributed by atoms with Crippen LogP contribution < -0.4 is 5.19 Å². The molecule has 0 saturated heterocycles. The quantitative estimate of drug-likeness (QED) is 0.101. The first-order valence-electron chi connectivity index (χ1n) is 20.9. The maximum absolute atomic E-state index is 6.46. The molecule has 5 heteroatoms. The van der Waals surface area contributed by atoms with E-state index in [1.807, 2.05) is 12.3 Å². The fourth-order valence-electron chi connectivity index (χ4n) is 8.15. The zero-order chi connectivity index (χ0) is 41.0. The van der Waals surface area contributed by atoms with E-state index in [1.54, 1.807) is 0 Å². The van der Waals surface area contributed by atoms with Crippen molar-refractivity contribution in [3.63, 3.8) is 0 Å². The number of benzene rings is 5. The Labute approximate surface area is 366 Å². The van der Waals surface area contributed by atoms with Crippen molar-refractivity contribution in [2.75, 3.05) is 0 Å². The van der Waals surface area contributed by atoms with Crippen LogP contribution in [0.2, 0.25) is 19.6 Å². The van der Waals surface area contributed by atoms with Crippen LogP contribution in [0.3, 0.4) is 0 Å². The number of aromatic nitrogens is 2. The molecule has 8 aromatic rings. The van der Waals surface area contributed by atoms with Gasteiger partial charge in [-0.3, -0.25) is 0 Å². The molecule has 0 aliphatic carbocycles. The minimum Gasteiger partial charge on any atom is -0.501 e. The molecule has 0 amide bonds. The van der Waals surface area contributed by atoms with Crippen molar-refractivity contribution < 1.29 is 24.5 Å². The minimum absolute atomic E-state index is 0. The summed E-state index contributed by atoms with van der Waals surface area (Å²) in [6, 6.07) is 47.4. The average Bonchev–Trinajstić information content (AvgIpc) is 3.62. The maximum atomic E-state index is 6.46. The molecule has 3 aromatic heterocycles. The molecular weight excluding hydrogens is 913 g/mol. The monoisotopic (exact) mass is 969 g/mol. The van der Waals surface area contributed by atoms with Crippen LogP contribution in [0.4, 0.5) is 0 Å². The number of furan rings is 1. The average molecular weight is 969 g/mol. The molecule has 0 unspecified atom stereocenters. The van der Waals surface area contributed by atoms with Gasteiger partial charge in [0.25, 0.3) is 0 Å². The Morgan fingerprint density at radius 1 is 0.695 bits per heavy atom. The van der Waals surface area contributed by atoms with Gasteiger partial charge >= 0.3 is 0 Å². The fraction of sp³-hybridized carbons (Fsp3) is 0.259. The minimum atomic E-state index is -1.41. The summed E-state index contributed by atoms with van der Waals surface area (Å²) in [6.45, 7) is 20.5. The summed E-state index contributed by atoms with van der Waals surface area (Å²) < 4.78 is 6.46. The summed E-state index contributed by atoms with van der Waals surface area (Å²) in [7, 11) is -1.41. The molecule has 3 heterocycles. The molecule has 0 N–H and O–H groups in total. The Balaban J connectivity index is 0.000000197. The molecule has 0 atom stereocenters. The molecule has 59 heavy (non-hydrogen) atoms. The van der Waals surface area contributed by atoms with Gasteiger partial charge in [-0.25, -0.2) is 0 Å². The van der Waals surface area contributed by atoms with E-state index in [2.05, 4.69) is 194 Å². The number of pyridine rings is 2. The Kier molecular flexibility index (Phi) is 14.0. The second-order valence-corrected chi connectivity index (χ2v) is 22.1. The Bertz CT molecular complexity index is 2650. The second kappa shape index (κ2) is 19.0. The van der Waals surface area contributed by atoms with E-state index in [1.165, 1.54) is 44.1 Å². The predicted molar refractivity (Wildman–Crippen MR) is 249 cm³/mol. The molecule has 1 radical (unpaired) electrons. The van der Waals surface area contributed by atoms with Gasteiger partial charge < -0.3 is 14.4 Å². The van der Waals surface area contributed by atoms with Crippen molar-refractivity contribution in [3.8, 4) is 44.8 Å². The van der Waals surface area contributed by atoms with Crippen molar-refractivity contribution in [3.05, 3.63) is 162 Å². The molecule has 5 aromatic carbocycles. The number of hydrogen-bond donors (Lipinski definition) is 0. The first-order chi connectivity index (χ1) is 27.9. The van der Waals surface area contributed by atoms with E-state index >= 15 is 0 Å². The van der Waals surface area contributed by atoms with Gasteiger partial charge in [0.05, 0.1) is 13.7 Å². The van der Waals surface area contributed by atoms with Gasteiger partial charge in [-0.05, 0) is 76.5 Å². The topological polar surface area (TPSA) is 38.9 Å². The maximum Gasteiger partial charge on any atom is 0.121 e. The van der Waals surface area contributed by atoms with E-state index in [9.17, 15) is 0 Å². The zero-order valence-corrected chi connectivity index (χ0v) is 39.4. The van der Waals surface area contributed by atoms with E-state index < -0.39 is 8.07 Å². The summed E-state index contributed by atoms with van der Waals surface area (Å²) in [5, 5.41) is 3.77. The molecule has 0 fully saturated rings. The summed E-state index contributed by atoms with van der Waals surface area (Å²) in [5.74, 6) is 1.18. The molecule has 3 nitrogen and oxygen atoms in total. The molecule has 303 valence electrons. The van der Waals surface area contributed by atoms with Gasteiger partial charge in [-0.15, -0.1) is 47.0 Å². The van der Waals surface area contributed by atoms with Crippen molar-refractivity contribution in [2.24, 2.45) is 5.92 Å². The van der Waals surface area contributed by atoms with Crippen LogP contribution in [0.15, 0.2) is 132 Å². The van der Waals surface area contributed by atoms with Crippen LogP contribution in [0.5, 0.6) is 0 Å². The summed E-state index contributed by atoms with van der Waals surface area (Å²) in [4.78, 5) is 9.54. The summed E-state index contributed by atoms with van der Waals surface area (Å²) in [5.41, 5.74) is 15.8. The van der Waals surface area contributed by atoms with Gasteiger partial charge in [0, 0.05) is 37.9 Å². The SMILES string of the molecule is CCC(CC)c1ccnc(-c2[c-]cc(C)c3c2oc2cc(-c4ccccc4)ccc23)c1.Cc1c[c-]c(-c2cc(CC(C)C)c([Si](C)(C)C)cn2)cc1-c1ccccc1.[Ir]. The predicted octanol–water partition coefficient (Wildman–Crippen LogP) is 14.6. The van der Waals surface area contributed by atoms with E-state index in [4.69, 9.17) is 9.40 Å².